The standard InChI is InChI=1S/C11H24N2S/c1-9(2)14-8-7-13-11-5-3-10(12)4-6-11/h9-11,13H,3-8,12H2,1-2H3. The average Bonchev–Trinajstić information content (AvgIpc) is 2.15. The van der Waals surface area contributed by atoms with Crippen LogP contribution in [-0.2, 0) is 0 Å². The lowest BCUT2D eigenvalue weighted by atomic mass is 9.92. The molecule has 0 aromatic rings. The molecule has 84 valence electrons. The lowest BCUT2D eigenvalue weighted by Crippen LogP contribution is -2.38. The molecule has 3 heteroatoms. The molecule has 0 saturated heterocycles. The lowest BCUT2D eigenvalue weighted by molar-refractivity contribution is 0.348. The van der Waals surface area contributed by atoms with Crippen LogP contribution < -0.4 is 11.1 Å². The number of nitrogens with two attached hydrogens (primary N) is 1. The summed E-state index contributed by atoms with van der Waals surface area (Å²) < 4.78 is 0. The summed E-state index contributed by atoms with van der Waals surface area (Å²) in [5.74, 6) is 1.24. The smallest absolute Gasteiger partial charge is 0.00685 e. The molecular weight excluding hydrogens is 192 g/mol. The van der Waals surface area contributed by atoms with Crippen molar-refractivity contribution < 1.29 is 0 Å². The SMILES string of the molecule is CC(C)SCCNC1CCC(N)CC1. The molecule has 1 rings (SSSR count). The molecule has 0 aliphatic heterocycles. The van der Waals surface area contributed by atoms with Crippen LogP contribution in [0.5, 0.6) is 0 Å². The van der Waals surface area contributed by atoms with Crippen LogP contribution in [0.4, 0.5) is 0 Å². The zero-order valence-corrected chi connectivity index (χ0v) is 10.3. The maximum absolute atomic E-state index is 5.86. The number of rotatable bonds is 5. The third-order valence-electron chi connectivity index (χ3n) is 2.76. The van der Waals surface area contributed by atoms with Crippen molar-refractivity contribution in [3.63, 3.8) is 0 Å². The normalized spacial score (nSPS) is 28.3. The fraction of sp³-hybridized carbons (Fsp3) is 1.00. The highest BCUT2D eigenvalue weighted by molar-refractivity contribution is 7.99. The van der Waals surface area contributed by atoms with E-state index >= 15 is 0 Å². The Morgan fingerprint density at radius 2 is 1.93 bits per heavy atom. The number of thioether (sulfide) groups is 1. The van der Waals surface area contributed by atoms with Crippen molar-refractivity contribution >= 4 is 11.8 Å². The first kappa shape index (κ1) is 12.3. The van der Waals surface area contributed by atoms with Crippen LogP contribution >= 0.6 is 11.8 Å². The van der Waals surface area contributed by atoms with Crippen LogP contribution in [0.2, 0.25) is 0 Å². The molecule has 2 nitrogen and oxygen atoms in total. The summed E-state index contributed by atoms with van der Waals surface area (Å²) in [7, 11) is 0. The molecule has 0 atom stereocenters. The second-order valence-corrected chi connectivity index (χ2v) is 6.17. The van der Waals surface area contributed by atoms with E-state index in [-0.39, 0.29) is 0 Å². The van der Waals surface area contributed by atoms with Crippen molar-refractivity contribution in [3.8, 4) is 0 Å². The molecule has 1 fully saturated rings. The predicted molar refractivity (Wildman–Crippen MR) is 65.8 cm³/mol. The Bertz CT molecular complexity index is 142. The van der Waals surface area contributed by atoms with E-state index in [1.165, 1.54) is 31.4 Å². The number of nitrogens with one attached hydrogen (secondary N) is 1. The van der Waals surface area contributed by atoms with E-state index in [9.17, 15) is 0 Å². The molecule has 1 aliphatic carbocycles. The monoisotopic (exact) mass is 216 g/mol. The molecule has 0 unspecified atom stereocenters. The van der Waals surface area contributed by atoms with E-state index in [4.69, 9.17) is 5.73 Å². The molecule has 0 bridgehead atoms. The summed E-state index contributed by atoms with van der Waals surface area (Å²) in [5, 5.41) is 4.38. The van der Waals surface area contributed by atoms with Gasteiger partial charge in [-0.05, 0) is 30.9 Å². The van der Waals surface area contributed by atoms with Gasteiger partial charge in [-0.3, -0.25) is 0 Å². The van der Waals surface area contributed by atoms with Gasteiger partial charge in [-0.25, -0.2) is 0 Å². The van der Waals surface area contributed by atoms with Crippen molar-refractivity contribution in [1.29, 1.82) is 0 Å². The summed E-state index contributed by atoms with van der Waals surface area (Å²) in [6, 6.07) is 1.21. The van der Waals surface area contributed by atoms with Crippen LogP contribution in [0.3, 0.4) is 0 Å². The molecule has 0 heterocycles. The number of hydrogen-bond acceptors (Lipinski definition) is 3. The Morgan fingerprint density at radius 1 is 1.29 bits per heavy atom. The molecule has 1 aliphatic rings. The van der Waals surface area contributed by atoms with Gasteiger partial charge in [0.25, 0.3) is 0 Å². The predicted octanol–water partition coefficient (Wildman–Crippen LogP) is 1.99. The highest BCUT2D eigenvalue weighted by Gasteiger charge is 2.17. The molecule has 3 N–H and O–H groups in total. The maximum atomic E-state index is 5.86. The average molecular weight is 216 g/mol. The van der Waals surface area contributed by atoms with Gasteiger partial charge in [0.15, 0.2) is 0 Å². The Hall–Kier alpha value is 0.270. The Balaban J connectivity index is 1.96. The molecule has 1 saturated carbocycles. The summed E-state index contributed by atoms with van der Waals surface area (Å²) in [5.41, 5.74) is 5.86. The molecule has 0 aromatic carbocycles. The summed E-state index contributed by atoms with van der Waals surface area (Å²) in [6.07, 6.45) is 4.95. The van der Waals surface area contributed by atoms with Gasteiger partial charge in [-0.15, -0.1) is 0 Å². The number of hydrogen-bond donors (Lipinski definition) is 2. The van der Waals surface area contributed by atoms with Gasteiger partial charge >= 0.3 is 0 Å². The van der Waals surface area contributed by atoms with Gasteiger partial charge in [0.1, 0.15) is 0 Å². The molecular formula is C11H24N2S. The summed E-state index contributed by atoms with van der Waals surface area (Å²) in [4.78, 5) is 0. The lowest BCUT2D eigenvalue weighted by Gasteiger charge is -2.26. The van der Waals surface area contributed by atoms with E-state index in [0.29, 0.717) is 6.04 Å². The van der Waals surface area contributed by atoms with E-state index in [0.717, 1.165) is 17.8 Å². The Morgan fingerprint density at radius 3 is 2.50 bits per heavy atom. The second-order valence-electron chi connectivity index (χ2n) is 4.49. The van der Waals surface area contributed by atoms with Crippen LogP contribution in [-0.4, -0.2) is 29.6 Å². The van der Waals surface area contributed by atoms with Crippen molar-refractivity contribution in [2.24, 2.45) is 5.73 Å². The van der Waals surface area contributed by atoms with E-state index < -0.39 is 0 Å². The van der Waals surface area contributed by atoms with Gasteiger partial charge in [0, 0.05) is 24.4 Å². The van der Waals surface area contributed by atoms with Gasteiger partial charge in [0.2, 0.25) is 0 Å². The topological polar surface area (TPSA) is 38.0 Å². The minimum atomic E-state index is 0.470. The zero-order valence-electron chi connectivity index (χ0n) is 9.46. The van der Waals surface area contributed by atoms with Crippen LogP contribution in [0.15, 0.2) is 0 Å². The van der Waals surface area contributed by atoms with E-state index in [2.05, 4.69) is 19.2 Å². The molecule has 0 amide bonds. The first-order chi connectivity index (χ1) is 6.68. The Labute approximate surface area is 92.4 Å². The minimum absolute atomic E-state index is 0.470. The first-order valence-electron chi connectivity index (χ1n) is 5.79. The quantitative estimate of drug-likeness (QED) is 0.690. The van der Waals surface area contributed by atoms with E-state index in [1.54, 1.807) is 0 Å². The highest BCUT2D eigenvalue weighted by Crippen LogP contribution is 2.17. The van der Waals surface area contributed by atoms with Crippen molar-refractivity contribution in [1.82, 2.24) is 5.32 Å². The molecule has 0 aromatic heterocycles. The first-order valence-corrected chi connectivity index (χ1v) is 6.84. The molecule has 0 spiro atoms. The fourth-order valence-electron chi connectivity index (χ4n) is 1.88. The minimum Gasteiger partial charge on any atom is -0.328 e. The largest absolute Gasteiger partial charge is 0.328 e. The summed E-state index contributed by atoms with van der Waals surface area (Å²) in [6.45, 7) is 5.66. The second kappa shape index (κ2) is 6.70. The third-order valence-corrected chi connectivity index (χ3v) is 3.86. The van der Waals surface area contributed by atoms with Crippen molar-refractivity contribution in [3.05, 3.63) is 0 Å². The third kappa shape index (κ3) is 5.23. The van der Waals surface area contributed by atoms with Gasteiger partial charge < -0.3 is 11.1 Å². The summed E-state index contributed by atoms with van der Waals surface area (Å²) >= 11 is 2.03. The van der Waals surface area contributed by atoms with Crippen molar-refractivity contribution in [2.75, 3.05) is 12.3 Å². The van der Waals surface area contributed by atoms with Crippen LogP contribution in [0.25, 0.3) is 0 Å². The Kier molecular flexibility index (Phi) is 5.90. The maximum Gasteiger partial charge on any atom is 0.00685 e. The van der Waals surface area contributed by atoms with Crippen LogP contribution in [0.1, 0.15) is 39.5 Å². The zero-order chi connectivity index (χ0) is 10.4. The van der Waals surface area contributed by atoms with Gasteiger partial charge in [-0.1, -0.05) is 13.8 Å². The van der Waals surface area contributed by atoms with Crippen molar-refractivity contribution in [2.45, 2.75) is 56.9 Å². The van der Waals surface area contributed by atoms with Gasteiger partial charge in [-0.2, -0.15) is 11.8 Å². The molecule has 14 heavy (non-hydrogen) atoms. The highest BCUT2D eigenvalue weighted by atomic mass is 32.2. The van der Waals surface area contributed by atoms with Crippen LogP contribution in [0, 0.1) is 0 Å². The fourth-order valence-corrected chi connectivity index (χ4v) is 2.59. The van der Waals surface area contributed by atoms with Gasteiger partial charge in [0.05, 0.1) is 0 Å². The molecule has 0 radical (unpaired) electrons. The van der Waals surface area contributed by atoms with E-state index in [1.807, 2.05) is 11.8 Å².